The number of aryl methyl sites for hydroxylation is 1. The zero-order valence-electron chi connectivity index (χ0n) is 17.4. The number of hydrogen-bond acceptors (Lipinski definition) is 3. The SMILES string of the molecule is Cc1nn(Cc2ccc(Cl)cc2)c(Cl)c1/C=C/C(=O)Nc1cccc(C(=O)NC2CC2)c1. The summed E-state index contributed by atoms with van der Waals surface area (Å²) in [7, 11) is 0. The molecule has 0 unspecified atom stereocenters. The summed E-state index contributed by atoms with van der Waals surface area (Å²) in [4.78, 5) is 24.6. The molecule has 0 spiro atoms. The second-order valence-corrected chi connectivity index (χ2v) is 8.52. The van der Waals surface area contributed by atoms with Gasteiger partial charge < -0.3 is 10.6 Å². The predicted molar refractivity (Wildman–Crippen MR) is 127 cm³/mol. The van der Waals surface area contributed by atoms with Gasteiger partial charge in [-0.2, -0.15) is 5.10 Å². The third-order valence-corrected chi connectivity index (χ3v) is 5.71. The summed E-state index contributed by atoms with van der Waals surface area (Å²) < 4.78 is 1.68. The van der Waals surface area contributed by atoms with E-state index in [1.807, 2.05) is 31.2 Å². The molecule has 1 aromatic heterocycles. The molecule has 8 heteroatoms. The molecule has 3 aromatic rings. The van der Waals surface area contributed by atoms with Crippen LogP contribution in [0.2, 0.25) is 10.2 Å². The average molecular weight is 469 g/mol. The van der Waals surface area contributed by atoms with Crippen LogP contribution >= 0.6 is 23.2 Å². The topological polar surface area (TPSA) is 76.0 Å². The fourth-order valence-corrected chi connectivity index (χ4v) is 3.62. The molecule has 1 aliphatic rings. The Morgan fingerprint density at radius 2 is 1.91 bits per heavy atom. The summed E-state index contributed by atoms with van der Waals surface area (Å²) in [6.07, 6.45) is 5.08. The average Bonchev–Trinajstić information content (AvgIpc) is 3.54. The van der Waals surface area contributed by atoms with Crippen molar-refractivity contribution >= 4 is 46.8 Å². The number of aromatic nitrogens is 2. The number of nitrogens with one attached hydrogen (secondary N) is 2. The van der Waals surface area contributed by atoms with E-state index < -0.39 is 0 Å². The molecule has 0 bridgehead atoms. The molecule has 0 saturated heterocycles. The van der Waals surface area contributed by atoms with Crippen molar-refractivity contribution in [3.63, 3.8) is 0 Å². The van der Waals surface area contributed by atoms with E-state index in [-0.39, 0.29) is 17.9 Å². The maximum absolute atomic E-state index is 12.4. The van der Waals surface area contributed by atoms with Crippen molar-refractivity contribution in [2.24, 2.45) is 0 Å². The van der Waals surface area contributed by atoms with E-state index in [1.165, 1.54) is 6.08 Å². The van der Waals surface area contributed by atoms with Crippen LogP contribution in [0.1, 0.15) is 40.0 Å². The van der Waals surface area contributed by atoms with Crippen LogP contribution in [0, 0.1) is 6.92 Å². The monoisotopic (exact) mass is 468 g/mol. The maximum atomic E-state index is 12.4. The van der Waals surface area contributed by atoms with Gasteiger partial charge in [0.05, 0.1) is 12.2 Å². The molecule has 32 heavy (non-hydrogen) atoms. The highest BCUT2D eigenvalue weighted by molar-refractivity contribution is 6.31. The predicted octanol–water partition coefficient (Wildman–Crippen LogP) is 5.09. The lowest BCUT2D eigenvalue weighted by atomic mass is 10.2. The van der Waals surface area contributed by atoms with E-state index in [0.29, 0.717) is 39.2 Å². The summed E-state index contributed by atoms with van der Waals surface area (Å²) in [6, 6.07) is 14.6. The Bertz CT molecular complexity index is 1180. The van der Waals surface area contributed by atoms with Crippen LogP contribution in [0.15, 0.2) is 54.6 Å². The molecule has 1 aliphatic carbocycles. The van der Waals surface area contributed by atoms with E-state index in [1.54, 1.807) is 35.0 Å². The van der Waals surface area contributed by atoms with Gasteiger partial charge in [0.2, 0.25) is 5.91 Å². The number of benzene rings is 2. The maximum Gasteiger partial charge on any atom is 0.251 e. The van der Waals surface area contributed by atoms with Crippen molar-refractivity contribution in [2.75, 3.05) is 5.32 Å². The summed E-state index contributed by atoms with van der Waals surface area (Å²) in [6.45, 7) is 2.33. The van der Waals surface area contributed by atoms with Crippen molar-refractivity contribution in [1.82, 2.24) is 15.1 Å². The van der Waals surface area contributed by atoms with Crippen molar-refractivity contribution in [3.8, 4) is 0 Å². The molecule has 0 aliphatic heterocycles. The van der Waals surface area contributed by atoms with Gasteiger partial charge in [-0.3, -0.25) is 9.59 Å². The third kappa shape index (κ3) is 5.58. The quantitative estimate of drug-likeness (QED) is 0.474. The van der Waals surface area contributed by atoms with Crippen molar-refractivity contribution < 1.29 is 9.59 Å². The smallest absolute Gasteiger partial charge is 0.251 e. The largest absolute Gasteiger partial charge is 0.349 e. The Hall–Kier alpha value is -3.09. The summed E-state index contributed by atoms with van der Waals surface area (Å²) in [5, 5.41) is 11.3. The third-order valence-electron chi connectivity index (χ3n) is 5.06. The first-order valence-electron chi connectivity index (χ1n) is 10.3. The van der Waals surface area contributed by atoms with Gasteiger partial charge in [0.15, 0.2) is 0 Å². The second kappa shape index (κ2) is 9.59. The lowest BCUT2D eigenvalue weighted by Gasteiger charge is -2.06. The zero-order valence-corrected chi connectivity index (χ0v) is 19.0. The van der Waals surface area contributed by atoms with E-state index in [9.17, 15) is 9.59 Å². The molecule has 2 amide bonds. The Labute approximate surface area is 196 Å². The molecule has 1 fully saturated rings. The fourth-order valence-electron chi connectivity index (χ4n) is 3.20. The highest BCUT2D eigenvalue weighted by atomic mass is 35.5. The van der Waals surface area contributed by atoms with Crippen molar-refractivity contribution in [3.05, 3.63) is 87.2 Å². The van der Waals surface area contributed by atoms with Crippen molar-refractivity contribution in [2.45, 2.75) is 32.4 Å². The molecule has 0 atom stereocenters. The van der Waals surface area contributed by atoms with Gasteiger partial charge in [-0.1, -0.05) is 41.4 Å². The normalized spacial score (nSPS) is 13.3. The Morgan fingerprint density at radius 1 is 1.16 bits per heavy atom. The molecule has 1 saturated carbocycles. The molecule has 2 aromatic carbocycles. The molecule has 4 rings (SSSR count). The first kappa shape index (κ1) is 22.1. The number of carbonyl (C=O) groups excluding carboxylic acids is 2. The minimum absolute atomic E-state index is 0.130. The molecule has 164 valence electrons. The number of nitrogens with zero attached hydrogens (tertiary/aromatic N) is 2. The molecule has 6 nitrogen and oxygen atoms in total. The number of amides is 2. The van der Waals surface area contributed by atoms with E-state index in [2.05, 4.69) is 15.7 Å². The number of hydrogen-bond donors (Lipinski definition) is 2. The lowest BCUT2D eigenvalue weighted by Crippen LogP contribution is -2.25. The van der Waals surface area contributed by atoms with E-state index in [0.717, 1.165) is 18.4 Å². The van der Waals surface area contributed by atoms with Gasteiger partial charge in [-0.15, -0.1) is 0 Å². The van der Waals surface area contributed by atoms with Gasteiger partial charge in [-0.05, 0) is 61.7 Å². The minimum atomic E-state index is -0.328. The Kier molecular flexibility index (Phi) is 6.63. The first-order chi connectivity index (χ1) is 15.4. The van der Waals surface area contributed by atoms with Crippen LogP contribution in [0.4, 0.5) is 5.69 Å². The highest BCUT2D eigenvalue weighted by Gasteiger charge is 2.23. The first-order valence-corrected chi connectivity index (χ1v) is 11.0. The van der Waals surface area contributed by atoms with Crippen LogP contribution in [-0.2, 0) is 11.3 Å². The Balaban J connectivity index is 1.41. The van der Waals surface area contributed by atoms with Gasteiger partial charge in [-0.25, -0.2) is 4.68 Å². The van der Waals surface area contributed by atoms with Crippen LogP contribution in [0.5, 0.6) is 0 Å². The standard InChI is InChI=1S/C24H22Cl2N4O2/c1-15-21(23(26)30(29-15)14-16-5-7-18(25)8-6-16)11-12-22(31)27-20-4-2-3-17(13-20)24(32)28-19-9-10-19/h2-8,11-13,19H,9-10,14H2,1H3,(H,27,31)(H,28,32)/b12-11+. The van der Waals surface area contributed by atoms with Gasteiger partial charge in [0.1, 0.15) is 5.15 Å². The van der Waals surface area contributed by atoms with Crippen LogP contribution in [-0.4, -0.2) is 27.6 Å². The highest BCUT2D eigenvalue weighted by Crippen LogP contribution is 2.23. The Morgan fingerprint density at radius 3 is 2.62 bits per heavy atom. The van der Waals surface area contributed by atoms with Crippen molar-refractivity contribution in [1.29, 1.82) is 0 Å². The van der Waals surface area contributed by atoms with Crippen LogP contribution in [0.25, 0.3) is 6.08 Å². The summed E-state index contributed by atoms with van der Waals surface area (Å²) >= 11 is 12.4. The summed E-state index contributed by atoms with van der Waals surface area (Å²) in [5.74, 6) is -0.458. The van der Waals surface area contributed by atoms with E-state index >= 15 is 0 Å². The molecule has 0 radical (unpaired) electrons. The second-order valence-electron chi connectivity index (χ2n) is 7.73. The number of rotatable bonds is 7. The van der Waals surface area contributed by atoms with E-state index in [4.69, 9.17) is 23.2 Å². The molecular weight excluding hydrogens is 447 g/mol. The number of anilines is 1. The number of carbonyl (C=O) groups is 2. The fraction of sp³-hybridized carbons (Fsp3) is 0.208. The minimum Gasteiger partial charge on any atom is -0.349 e. The van der Waals surface area contributed by atoms with Gasteiger partial charge in [0, 0.05) is 34.0 Å². The number of halogens is 2. The summed E-state index contributed by atoms with van der Waals surface area (Å²) in [5.41, 5.74) is 3.46. The van der Waals surface area contributed by atoms with Crippen LogP contribution < -0.4 is 10.6 Å². The van der Waals surface area contributed by atoms with Gasteiger partial charge >= 0.3 is 0 Å². The molecule has 2 N–H and O–H groups in total. The molecular formula is C24H22Cl2N4O2. The zero-order chi connectivity index (χ0) is 22.7. The van der Waals surface area contributed by atoms with Gasteiger partial charge in [0.25, 0.3) is 5.91 Å². The lowest BCUT2D eigenvalue weighted by molar-refractivity contribution is -0.111. The van der Waals surface area contributed by atoms with Crippen LogP contribution in [0.3, 0.4) is 0 Å². The molecule has 1 heterocycles.